The van der Waals surface area contributed by atoms with E-state index >= 15 is 0 Å². The molecule has 0 N–H and O–H groups in total. The number of benzene rings is 7. The van der Waals surface area contributed by atoms with Gasteiger partial charge in [0, 0.05) is 69.2 Å². The summed E-state index contributed by atoms with van der Waals surface area (Å²) in [6.07, 6.45) is 39.7. The van der Waals surface area contributed by atoms with Crippen LogP contribution in [-0.2, 0) is 10.2 Å². The van der Waals surface area contributed by atoms with E-state index in [0.717, 1.165) is 64.4 Å². The van der Waals surface area contributed by atoms with Crippen molar-refractivity contribution < 1.29 is 4.74 Å². The van der Waals surface area contributed by atoms with Crippen LogP contribution >= 0.6 is 0 Å². The van der Waals surface area contributed by atoms with E-state index in [4.69, 9.17) is 4.74 Å². The molecule has 3 nitrogen and oxygen atoms in total. The standard InChI is InChI=1S/C82H80N2O/c1-3-58-29-33-60(34-30-58)63-37-38-65-54-73(47-41-64(65)53-63)85-52-20-7-5-6-19-51-82(68-21-11-8-12-22-68)78-28-18-17-27-74(78)75-48-46-72(57-79(75)82)83(69-23-13-9-14-24-69)71-44-39-62(40-45-71)67-43-50-81-77(56-67)76-55-66(61-35-31-59(4-2)32-36-61)42-49-80(76)84(81)70-25-15-10-16-26-70/h3-4,8-18,21-30,33-35,37-41,43-45,47,49-50,55-57,59,63,66,72-73,75H,1-2,5-7,19-20,31-32,36,42,46,48,51-54H2/t59?,63?,66?,72?,73-,75?,82?/m1/s1. The van der Waals surface area contributed by atoms with E-state index in [1.807, 2.05) is 6.08 Å². The van der Waals surface area contributed by atoms with Crippen molar-refractivity contribution >= 4 is 40.5 Å². The number of ether oxygens (including phenoxy) is 1. The highest BCUT2D eigenvalue weighted by Gasteiger charge is 2.50. The first-order valence-electron chi connectivity index (χ1n) is 32.0. The largest absolute Gasteiger partial charge is 0.374 e. The molecule has 6 aliphatic rings. The Morgan fingerprint density at radius 2 is 1.33 bits per heavy atom. The van der Waals surface area contributed by atoms with E-state index in [-0.39, 0.29) is 17.6 Å². The van der Waals surface area contributed by atoms with Crippen LogP contribution < -0.4 is 15.5 Å². The van der Waals surface area contributed by atoms with Crippen LogP contribution in [0.4, 0.5) is 11.4 Å². The number of aromatic nitrogens is 1. The molecule has 6 aliphatic carbocycles. The molecule has 85 heavy (non-hydrogen) atoms. The van der Waals surface area contributed by atoms with Crippen LogP contribution in [0.5, 0.6) is 0 Å². The summed E-state index contributed by atoms with van der Waals surface area (Å²) in [5, 5.41) is 4.00. The van der Waals surface area contributed by atoms with Crippen LogP contribution in [0.15, 0.2) is 260 Å². The molecule has 0 saturated heterocycles. The molecule has 0 spiro atoms. The van der Waals surface area contributed by atoms with Gasteiger partial charge in [-0.05, 0) is 168 Å². The number of allylic oxidation sites excluding steroid dienone is 8. The number of nitrogens with zero attached hydrogens (tertiary/aromatic N) is 2. The third-order valence-electron chi connectivity index (χ3n) is 20.1. The first kappa shape index (κ1) is 54.7. The maximum atomic E-state index is 6.53. The Balaban J connectivity index is 0.698. The molecule has 1 heterocycles. The van der Waals surface area contributed by atoms with Gasteiger partial charge in [0.2, 0.25) is 0 Å². The van der Waals surface area contributed by atoms with Crippen molar-refractivity contribution in [1.29, 1.82) is 0 Å². The van der Waals surface area contributed by atoms with Crippen molar-refractivity contribution in [3.8, 4) is 16.8 Å². The number of rotatable bonds is 19. The molecule has 6 unspecified atom stereocenters. The van der Waals surface area contributed by atoms with Crippen molar-refractivity contribution in [3.05, 3.63) is 298 Å². The van der Waals surface area contributed by atoms with Gasteiger partial charge in [0.15, 0.2) is 0 Å². The zero-order chi connectivity index (χ0) is 57.1. The average molecular weight is 1110 g/mol. The van der Waals surface area contributed by atoms with Gasteiger partial charge in [-0.2, -0.15) is 0 Å². The summed E-state index contributed by atoms with van der Waals surface area (Å²) in [5.74, 6) is 1.85. The first-order chi connectivity index (χ1) is 42.0. The van der Waals surface area contributed by atoms with E-state index in [1.54, 1.807) is 11.1 Å². The van der Waals surface area contributed by atoms with Gasteiger partial charge in [0.1, 0.15) is 0 Å². The quantitative estimate of drug-likeness (QED) is 0.0593. The Morgan fingerprint density at radius 1 is 0.612 bits per heavy atom. The minimum Gasteiger partial charge on any atom is -0.374 e. The molecule has 0 fully saturated rings. The fourth-order valence-electron chi connectivity index (χ4n) is 15.7. The Bertz CT molecular complexity index is 4020. The SMILES string of the molecule is C=Cc1ccc(C2C=CC3=C(C=C[C@@H](OCCCCCCCC4(c5ccccc5)C5=CC(N(c6ccccc6)c6ccc(-c7ccc8c(c7)c7c(n8-c8ccccc8)=CCC(C8=CCC(C=C)CC8)C=7)cc6)CCC5c5ccccc54)C3)C2)cc1. The molecule has 0 aliphatic heterocycles. The number of hydrogen-bond donors (Lipinski definition) is 0. The average Bonchev–Trinajstić information content (AvgIpc) is 2.07. The summed E-state index contributed by atoms with van der Waals surface area (Å²) in [6.45, 7) is 8.85. The lowest BCUT2D eigenvalue weighted by Crippen LogP contribution is -2.36. The zero-order valence-corrected chi connectivity index (χ0v) is 49.4. The maximum Gasteiger partial charge on any atom is 0.0799 e. The fraction of sp³-hybridized carbons (Fsp3) is 0.268. The van der Waals surface area contributed by atoms with Crippen molar-refractivity contribution in [1.82, 2.24) is 4.57 Å². The monoisotopic (exact) mass is 1110 g/mol. The Labute approximate surface area is 504 Å². The normalized spacial score (nSPS) is 22.9. The van der Waals surface area contributed by atoms with E-state index < -0.39 is 0 Å². The summed E-state index contributed by atoms with van der Waals surface area (Å²) >= 11 is 0. The number of fused-ring (bicyclic) bond motifs is 6. The Morgan fingerprint density at radius 3 is 2.12 bits per heavy atom. The van der Waals surface area contributed by atoms with E-state index in [1.165, 1.54) is 121 Å². The number of anilines is 2. The van der Waals surface area contributed by atoms with Gasteiger partial charge in [-0.1, -0.05) is 232 Å². The summed E-state index contributed by atoms with van der Waals surface area (Å²) in [7, 11) is 0. The lowest BCUT2D eigenvalue weighted by Gasteiger charge is -2.41. The van der Waals surface area contributed by atoms with Gasteiger partial charge >= 0.3 is 0 Å². The van der Waals surface area contributed by atoms with Crippen molar-refractivity contribution in [2.24, 2.45) is 11.8 Å². The molecule has 0 saturated carbocycles. The molecule has 0 amide bonds. The molecule has 424 valence electrons. The van der Waals surface area contributed by atoms with Gasteiger partial charge in [0.25, 0.3) is 0 Å². The lowest BCUT2D eigenvalue weighted by atomic mass is 9.66. The van der Waals surface area contributed by atoms with Crippen LogP contribution in [-0.4, -0.2) is 23.3 Å². The molecule has 7 aromatic carbocycles. The third-order valence-corrected chi connectivity index (χ3v) is 20.1. The predicted molar refractivity (Wildman–Crippen MR) is 358 cm³/mol. The molecule has 7 atom stereocenters. The van der Waals surface area contributed by atoms with Crippen LogP contribution in [0.2, 0.25) is 0 Å². The van der Waals surface area contributed by atoms with E-state index in [2.05, 4.69) is 259 Å². The summed E-state index contributed by atoms with van der Waals surface area (Å²) in [4.78, 5) is 2.64. The molecule has 0 radical (unpaired) electrons. The lowest BCUT2D eigenvalue weighted by molar-refractivity contribution is 0.0814. The van der Waals surface area contributed by atoms with Gasteiger partial charge in [-0.3, -0.25) is 0 Å². The highest BCUT2D eigenvalue weighted by molar-refractivity contribution is 5.89. The predicted octanol–water partition coefficient (Wildman–Crippen LogP) is 19.5. The summed E-state index contributed by atoms with van der Waals surface area (Å²) in [5.41, 5.74) is 20.3. The fourth-order valence-corrected chi connectivity index (χ4v) is 15.7. The highest BCUT2D eigenvalue weighted by atomic mass is 16.5. The van der Waals surface area contributed by atoms with Gasteiger partial charge < -0.3 is 14.2 Å². The molecular weight excluding hydrogens is 1030 g/mol. The van der Waals surface area contributed by atoms with Gasteiger partial charge in [-0.15, -0.1) is 6.58 Å². The molecular formula is C82H80N2O. The smallest absolute Gasteiger partial charge is 0.0799 e. The number of para-hydroxylation sites is 2. The van der Waals surface area contributed by atoms with Crippen LogP contribution in [0.3, 0.4) is 0 Å². The Hall–Kier alpha value is -8.24. The summed E-state index contributed by atoms with van der Waals surface area (Å²) < 4.78 is 9.02. The molecule has 3 heteroatoms. The van der Waals surface area contributed by atoms with Gasteiger partial charge in [-0.25, -0.2) is 0 Å². The second-order valence-electron chi connectivity index (χ2n) is 25.0. The number of hydrogen-bond acceptors (Lipinski definition) is 2. The molecule has 14 rings (SSSR count). The number of unbranched alkanes of at least 4 members (excludes halogenated alkanes) is 4. The second kappa shape index (κ2) is 24.4. The highest BCUT2D eigenvalue weighted by Crippen LogP contribution is 2.60. The minimum atomic E-state index is -0.185. The molecule has 8 aromatic rings. The van der Waals surface area contributed by atoms with E-state index in [0.29, 0.717) is 23.7 Å². The zero-order valence-electron chi connectivity index (χ0n) is 49.4. The second-order valence-corrected chi connectivity index (χ2v) is 25.0. The third kappa shape index (κ3) is 10.8. The molecule has 0 bridgehead atoms. The maximum absolute atomic E-state index is 6.53. The van der Waals surface area contributed by atoms with Crippen molar-refractivity contribution in [3.63, 3.8) is 0 Å². The van der Waals surface area contributed by atoms with Crippen LogP contribution in [0.25, 0.3) is 45.9 Å². The summed E-state index contributed by atoms with van der Waals surface area (Å²) in [6, 6.07) is 68.9. The van der Waals surface area contributed by atoms with Gasteiger partial charge in [0.05, 0.1) is 17.7 Å². The van der Waals surface area contributed by atoms with E-state index in [9.17, 15) is 0 Å². The molecule has 1 aromatic heterocycles. The van der Waals surface area contributed by atoms with Crippen molar-refractivity contribution in [2.75, 3.05) is 11.5 Å². The van der Waals surface area contributed by atoms with Crippen LogP contribution in [0.1, 0.15) is 130 Å². The van der Waals surface area contributed by atoms with Crippen LogP contribution in [0, 0.1) is 11.8 Å². The minimum absolute atomic E-state index is 0.159. The van der Waals surface area contributed by atoms with Crippen molar-refractivity contribution in [2.45, 2.75) is 119 Å². The topological polar surface area (TPSA) is 17.4 Å². The Kier molecular flexibility index (Phi) is 15.7. The first-order valence-corrected chi connectivity index (χ1v) is 32.0.